The van der Waals surface area contributed by atoms with Gasteiger partial charge in [0.15, 0.2) is 11.5 Å². The highest BCUT2D eigenvalue weighted by Crippen LogP contribution is 2.35. The average molecular weight is 482 g/mol. The van der Waals surface area contributed by atoms with Gasteiger partial charge < -0.3 is 33.7 Å². The van der Waals surface area contributed by atoms with Gasteiger partial charge in [-0.2, -0.15) is 0 Å². The topological polar surface area (TPSA) is 86.7 Å². The minimum absolute atomic E-state index is 0.00656. The van der Waals surface area contributed by atoms with Crippen molar-refractivity contribution in [3.05, 3.63) is 18.2 Å². The van der Waals surface area contributed by atoms with Crippen LogP contribution in [0.4, 0.5) is 4.79 Å². The predicted molar refractivity (Wildman–Crippen MR) is 131 cm³/mol. The molecule has 194 valence electrons. The number of carbonyl (C=O) groups is 1. The van der Waals surface area contributed by atoms with Crippen molar-refractivity contribution in [2.24, 2.45) is 17.8 Å². The number of aliphatic hydroxyl groups excluding tert-OH is 1. The van der Waals surface area contributed by atoms with Gasteiger partial charge in [-0.05, 0) is 51.2 Å². The number of hydrogen-bond donors (Lipinski definition) is 1. The standard InChI is InChI=1S/C26H43NO7/c1-18(2)23(13-19-15-27(16-20(19)17-28)25(29)34-26(3,4)5)33-21-9-10-22(31-7)24(14-21)32-12-8-11-30-6/h9-10,14,18-20,23,28H,8,11-13,15-17H2,1-7H3/t19-,20+,23?/m0/s1. The maximum absolute atomic E-state index is 12.6. The van der Waals surface area contributed by atoms with E-state index in [2.05, 4.69) is 13.8 Å². The monoisotopic (exact) mass is 481 g/mol. The molecule has 0 saturated carbocycles. The predicted octanol–water partition coefficient (Wildman–Crippen LogP) is 4.38. The Bertz CT molecular complexity index is 762. The van der Waals surface area contributed by atoms with Crippen molar-refractivity contribution in [3.63, 3.8) is 0 Å². The fraction of sp³-hybridized carbons (Fsp3) is 0.731. The van der Waals surface area contributed by atoms with Crippen LogP contribution in [0.5, 0.6) is 17.2 Å². The second-order valence-corrected chi connectivity index (χ2v) is 10.2. The van der Waals surface area contributed by atoms with E-state index in [1.54, 1.807) is 19.1 Å². The summed E-state index contributed by atoms with van der Waals surface area (Å²) in [5.74, 6) is 2.33. The molecular formula is C26H43NO7. The zero-order valence-electron chi connectivity index (χ0n) is 21.8. The zero-order valence-corrected chi connectivity index (χ0v) is 21.8. The van der Waals surface area contributed by atoms with Crippen molar-refractivity contribution in [2.45, 2.75) is 59.2 Å². The number of likely N-dealkylation sites (tertiary alicyclic amines) is 1. The van der Waals surface area contributed by atoms with Crippen LogP contribution in [-0.2, 0) is 9.47 Å². The molecule has 1 N–H and O–H groups in total. The van der Waals surface area contributed by atoms with Gasteiger partial charge in [0, 0.05) is 51.8 Å². The Hall–Kier alpha value is -2.19. The van der Waals surface area contributed by atoms with Gasteiger partial charge in [-0.1, -0.05) is 13.8 Å². The first-order chi connectivity index (χ1) is 16.1. The molecule has 34 heavy (non-hydrogen) atoms. The lowest BCUT2D eigenvalue weighted by Crippen LogP contribution is -2.36. The molecule has 0 spiro atoms. The summed E-state index contributed by atoms with van der Waals surface area (Å²) in [5.41, 5.74) is -0.550. The third-order valence-corrected chi connectivity index (χ3v) is 5.91. The molecule has 1 aromatic rings. The molecule has 8 nitrogen and oxygen atoms in total. The Morgan fingerprint density at radius 2 is 1.82 bits per heavy atom. The van der Waals surface area contributed by atoms with E-state index in [0.29, 0.717) is 43.6 Å². The SMILES string of the molecule is COCCCOc1cc(OC(C[C@H]2CN(C(=O)OC(C)(C)C)C[C@@H]2CO)C(C)C)ccc1OC. The first-order valence-electron chi connectivity index (χ1n) is 12.1. The van der Waals surface area contributed by atoms with Crippen molar-refractivity contribution in [2.75, 3.05) is 47.1 Å². The third-order valence-electron chi connectivity index (χ3n) is 5.91. The highest BCUT2D eigenvalue weighted by Gasteiger charge is 2.38. The second-order valence-electron chi connectivity index (χ2n) is 10.2. The molecule has 1 fully saturated rings. The highest BCUT2D eigenvalue weighted by atomic mass is 16.6. The molecule has 3 atom stereocenters. The maximum Gasteiger partial charge on any atom is 0.410 e. The number of carbonyl (C=O) groups excluding carboxylic acids is 1. The molecular weight excluding hydrogens is 438 g/mol. The number of hydrogen-bond acceptors (Lipinski definition) is 7. The molecule has 0 radical (unpaired) electrons. The molecule has 1 saturated heterocycles. The van der Waals surface area contributed by atoms with E-state index >= 15 is 0 Å². The van der Waals surface area contributed by atoms with Crippen LogP contribution in [-0.4, -0.2) is 74.9 Å². The summed E-state index contributed by atoms with van der Waals surface area (Å²) in [6, 6.07) is 5.57. The summed E-state index contributed by atoms with van der Waals surface area (Å²) in [4.78, 5) is 14.3. The van der Waals surface area contributed by atoms with E-state index in [1.165, 1.54) is 0 Å². The lowest BCUT2D eigenvalue weighted by molar-refractivity contribution is 0.0277. The Balaban J connectivity index is 2.08. The number of methoxy groups -OCH3 is 2. The highest BCUT2D eigenvalue weighted by molar-refractivity contribution is 5.68. The fourth-order valence-electron chi connectivity index (χ4n) is 4.05. The molecule has 1 amide bonds. The van der Waals surface area contributed by atoms with E-state index in [1.807, 2.05) is 39.0 Å². The molecule has 0 aliphatic carbocycles. The second kappa shape index (κ2) is 13.0. The lowest BCUT2D eigenvalue weighted by atomic mass is 9.88. The minimum Gasteiger partial charge on any atom is -0.493 e. The van der Waals surface area contributed by atoms with Gasteiger partial charge in [0.1, 0.15) is 17.5 Å². The van der Waals surface area contributed by atoms with Gasteiger partial charge in [0.25, 0.3) is 0 Å². The van der Waals surface area contributed by atoms with Crippen molar-refractivity contribution in [1.82, 2.24) is 4.90 Å². The summed E-state index contributed by atoms with van der Waals surface area (Å²) in [5, 5.41) is 9.97. The Morgan fingerprint density at radius 3 is 2.41 bits per heavy atom. The van der Waals surface area contributed by atoms with Crippen LogP contribution < -0.4 is 14.2 Å². The summed E-state index contributed by atoms with van der Waals surface area (Å²) < 4.78 is 28.3. The van der Waals surface area contributed by atoms with Gasteiger partial charge in [-0.15, -0.1) is 0 Å². The molecule has 1 aliphatic rings. The molecule has 1 heterocycles. The van der Waals surface area contributed by atoms with E-state index < -0.39 is 5.60 Å². The summed E-state index contributed by atoms with van der Waals surface area (Å²) in [7, 11) is 3.28. The molecule has 1 aliphatic heterocycles. The van der Waals surface area contributed by atoms with E-state index in [4.69, 9.17) is 23.7 Å². The van der Waals surface area contributed by atoms with Crippen LogP contribution in [0.15, 0.2) is 18.2 Å². The quantitative estimate of drug-likeness (QED) is 0.443. The third kappa shape index (κ3) is 8.55. The van der Waals surface area contributed by atoms with Crippen molar-refractivity contribution < 1.29 is 33.6 Å². The number of rotatable bonds is 12. The Morgan fingerprint density at radius 1 is 1.12 bits per heavy atom. The van der Waals surface area contributed by atoms with Crippen LogP contribution in [0.1, 0.15) is 47.5 Å². The molecule has 0 aromatic heterocycles. The van der Waals surface area contributed by atoms with Crippen molar-refractivity contribution >= 4 is 6.09 Å². The lowest BCUT2D eigenvalue weighted by Gasteiger charge is -2.28. The van der Waals surface area contributed by atoms with Gasteiger partial charge in [-0.25, -0.2) is 4.79 Å². The van der Waals surface area contributed by atoms with Gasteiger partial charge in [0.2, 0.25) is 0 Å². The number of nitrogens with zero attached hydrogens (tertiary/aromatic N) is 1. The van der Waals surface area contributed by atoms with Gasteiger partial charge in [0.05, 0.1) is 13.7 Å². The van der Waals surface area contributed by atoms with E-state index in [0.717, 1.165) is 12.8 Å². The van der Waals surface area contributed by atoms with E-state index in [-0.39, 0.29) is 36.6 Å². The van der Waals surface area contributed by atoms with Crippen LogP contribution >= 0.6 is 0 Å². The number of ether oxygens (including phenoxy) is 5. The largest absolute Gasteiger partial charge is 0.493 e. The Kier molecular flexibility index (Phi) is 10.8. The van der Waals surface area contributed by atoms with Crippen LogP contribution in [0, 0.1) is 17.8 Å². The fourth-order valence-corrected chi connectivity index (χ4v) is 4.05. The zero-order chi connectivity index (χ0) is 25.3. The molecule has 0 bridgehead atoms. The Labute approximate surface area is 204 Å². The normalized spacial score (nSPS) is 19.3. The van der Waals surface area contributed by atoms with Gasteiger partial charge in [-0.3, -0.25) is 0 Å². The van der Waals surface area contributed by atoms with Crippen molar-refractivity contribution in [1.29, 1.82) is 0 Å². The van der Waals surface area contributed by atoms with Crippen LogP contribution in [0.2, 0.25) is 0 Å². The maximum atomic E-state index is 12.6. The van der Waals surface area contributed by atoms with Crippen LogP contribution in [0.3, 0.4) is 0 Å². The molecule has 2 rings (SSSR count). The minimum atomic E-state index is -0.550. The van der Waals surface area contributed by atoms with E-state index in [9.17, 15) is 9.90 Å². The summed E-state index contributed by atoms with van der Waals surface area (Å²) in [6.45, 7) is 12.0. The van der Waals surface area contributed by atoms with Crippen LogP contribution in [0.25, 0.3) is 0 Å². The number of aliphatic hydroxyl groups is 1. The summed E-state index contributed by atoms with van der Waals surface area (Å²) in [6.07, 6.45) is 1.07. The van der Waals surface area contributed by atoms with Gasteiger partial charge >= 0.3 is 6.09 Å². The molecule has 8 heteroatoms. The first kappa shape index (κ1) is 28.1. The first-order valence-corrected chi connectivity index (χ1v) is 12.1. The molecule has 1 aromatic carbocycles. The summed E-state index contributed by atoms with van der Waals surface area (Å²) >= 11 is 0. The number of benzene rings is 1. The smallest absolute Gasteiger partial charge is 0.410 e. The van der Waals surface area contributed by atoms with Crippen molar-refractivity contribution in [3.8, 4) is 17.2 Å². The molecule has 1 unspecified atom stereocenters. The number of amides is 1. The average Bonchev–Trinajstić information content (AvgIpc) is 3.18.